The molecular formula is C17H18N4OS2. The summed E-state index contributed by atoms with van der Waals surface area (Å²) in [6.45, 7) is 5.84. The van der Waals surface area contributed by atoms with Gasteiger partial charge in [-0.1, -0.05) is 18.2 Å². The minimum atomic E-state index is -0.478. The van der Waals surface area contributed by atoms with Gasteiger partial charge in [-0.15, -0.1) is 11.3 Å². The van der Waals surface area contributed by atoms with Gasteiger partial charge in [-0.05, 0) is 61.6 Å². The van der Waals surface area contributed by atoms with Gasteiger partial charge in [-0.25, -0.2) is 0 Å². The third-order valence-electron chi connectivity index (χ3n) is 4.08. The lowest BCUT2D eigenvalue weighted by molar-refractivity contribution is -0.118. The van der Waals surface area contributed by atoms with Gasteiger partial charge in [0.05, 0.1) is 4.88 Å². The monoisotopic (exact) mass is 358 g/mol. The Morgan fingerprint density at radius 2 is 2.12 bits per heavy atom. The molecule has 0 radical (unpaired) electrons. The predicted molar refractivity (Wildman–Crippen MR) is 100.0 cm³/mol. The first-order valence-electron chi connectivity index (χ1n) is 7.57. The highest BCUT2D eigenvalue weighted by atomic mass is 32.1. The Hall–Kier alpha value is -2.25. The normalized spacial score (nSPS) is 12.1. The summed E-state index contributed by atoms with van der Waals surface area (Å²) in [6.07, 6.45) is 0. The van der Waals surface area contributed by atoms with Crippen molar-refractivity contribution < 1.29 is 4.79 Å². The van der Waals surface area contributed by atoms with E-state index in [-0.39, 0.29) is 5.91 Å². The molecule has 2 aromatic heterocycles. The van der Waals surface area contributed by atoms with Gasteiger partial charge in [0.25, 0.3) is 0 Å². The maximum absolute atomic E-state index is 12.7. The highest BCUT2D eigenvalue weighted by molar-refractivity contribution is 7.71. The van der Waals surface area contributed by atoms with Gasteiger partial charge < -0.3 is 5.32 Å². The van der Waals surface area contributed by atoms with Crippen molar-refractivity contribution in [2.24, 2.45) is 0 Å². The molecule has 124 valence electrons. The molecule has 1 amide bonds. The van der Waals surface area contributed by atoms with Crippen LogP contribution >= 0.6 is 23.6 Å². The molecule has 0 aliphatic carbocycles. The third kappa shape index (κ3) is 3.05. The summed E-state index contributed by atoms with van der Waals surface area (Å²) in [4.78, 5) is 13.7. The average molecular weight is 358 g/mol. The number of amides is 1. The highest BCUT2D eigenvalue weighted by Crippen LogP contribution is 2.26. The zero-order chi connectivity index (χ0) is 17.3. The Balaban J connectivity index is 1.91. The molecule has 0 saturated carbocycles. The van der Waals surface area contributed by atoms with E-state index in [0.717, 1.165) is 21.7 Å². The summed E-state index contributed by atoms with van der Waals surface area (Å²) in [6, 6.07) is 9.29. The first kappa shape index (κ1) is 16.6. The second kappa shape index (κ2) is 6.70. The second-order valence-corrected chi connectivity index (χ2v) is 6.95. The van der Waals surface area contributed by atoms with Crippen LogP contribution in [0, 0.1) is 18.6 Å². The standard InChI is InChI=1S/C17H18N4OS2/c1-10-6-4-7-13(11(10)2)18-16(22)12(3)21-15(19-20-17(21)23)14-8-5-9-24-14/h4-9,12H,1-3H3,(H,18,22)(H,20,23)/t12-/m1/s1. The molecule has 0 unspecified atom stereocenters. The van der Waals surface area contributed by atoms with Crippen molar-refractivity contribution in [2.45, 2.75) is 26.8 Å². The van der Waals surface area contributed by atoms with Crippen LogP contribution in [0.15, 0.2) is 35.7 Å². The summed E-state index contributed by atoms with van der Waals surface area (Å²) in [5.41, 5.74) is 3.02. The van der Waals surface area contributed by atoms with Crippen LogP contribution in [0.4, 0.5) is 5.69 Å². The van der Waals surface area contributed by atoms with Crippen LogP contribution in [-0.4, -0.2) is 20.7 Å². The van der Waals surface area contributed by atoms with E-state index >= 15 is 0 Å². The molecule has 2 N–H and O–H groups in total. The zero-order valence-electron chi connectivity index (χ0n) is 13.7. The first-order chi connectivity index (χ1) is 11.5. The van der Waals surface area contributed by atoms with Gasteiger partial charge in [0, 0.05) is 5.69 Å². The van der Waals surface area contributed by atoms with E-state index in [2.05, 4.69) is 15.5 Å². The van der Waals surface area contributed by atoms with Gasteiger partial charge in [0.2, 0.25) is 5.91 Å². The number of aryl methyl sites for hydroxylation is 1. The fourth-order valence-electron chi connectivity index (χ4n) is 2.48. The molecule has 2 heterocycles. The summed E-state index contributed by atoms with van der Waals surface area (Å²) < 4.78 is 2.18. The van der Waals surface area contributed by atoms with Gasteiger partial charge in [-0.2, -0.15) is 5.10 Å². The van der Waals surface area contributed by atoms with Crippen LogP contribution in [0.2, 0.25) is 0 Å². The van der Waals surface area contributed by atoms with Crippen LogP contribution in [0.1, 0.15) is 24.1 Å². The molecule has 0 spiro atoms. The number of aromatic nitrogens is 3. The van der Waals surface area contributed by atoms with Crippen LogP contribution in [-0.2, 0) is 4.79 Å². The SMILES string of the molecule is Cc1cccc(NC(=O)[C@@H](C)n2c(-c3cccs3)n[nH]c2=S)c1C. The molecule has 7 heteroatoms. The van der Waals surface area contributed by atoms with Crippen molar-refractivity contribution in [3.05, 3.63) is 51.6 Å². The number of rotatable bonds is 4. The Kier molecular flexibility index (Phi) is 4.64. The van der Waals surface area contributed by atoms with Gasteiger partial charge in [0.15, 0.2) is 10.6 Å². The van der Waals surface area contributed by atoms with E-state index in [1.807, 2.05) is 56.5 Å². The minimum absolute atomic E-state index is 0.126. The van der Waals surface area contributed by atoms with E-state index in [4.69, 9.17) is 12.2 Å². The van der Waals surface area contributed by atoms with Gasteiger partial charge in [0.1, 0.15) is 6.04 Å². The number of anilines is 1. The molecule has 1 atom stereocenters. The Bertz CT molecular complexity index is 924. The molecule has 0 aliphatic heterocycles. The molecular weight excluding hydrogens is 340 g/mol. The van der Waals surface area contributed by atoms with Crippen LogP contribution in [0.5, 0.6) is 0 Å². The molecule has 0 fully saturated rings. The third-order valence-corrected chi connectivity index (χ3v) is 5.23. The van der Waals surface area contributed by atoms with E-state index in [9.17, 15) is 4.79 Å². The van der Waals surface area contributed by atoms with Crippen molar-refractivity contribution >= 4 is 35.1 Å². The molecule has 5 nitrogen and oxygen atoms in total. The quantitative estimate of drug-likeness (QED) is 0.676. The summed E-state index contributed by atoms with van der Waals surface area (Å²) >= 11 is 6.88. The average Bonchev–Trinajstić information content (AvgIpc) is 3.20. The molecule has 3 rings (SSSR count). The lowest BCUT2D eigenvalue weighted by Crippen LogP contribution is -2.24. The summed E-state index contributed by atoms with van der Waals surface area (Å²) in [7, 11) is 0. The Morgan fingerprint density at radius 3 is 2.83 bits per heavy atom. The van der Waals surface area contributed by atoms with Gasteiger partial charge >= 0.3 is 0 Å². The van der Waals surface area contributed by atoms with Crippen molar-refractivity contribution in [1.82, 2.24) is 14.8 Å². The maximum atomic E-state index is 12.7. The lowest BCUT2D eigenvalue weighted by Gasteiger charge is -2.17. The van der Waals surface area contributed by atoms with Crippen molar-refractivity contribution in [2.75, 3.05) is 5.32 Å². The number of hydrogen-bond acceptors (Lipinski definition) is 4. The summed E-state index contributed by atoms with van der Waals surface area (Å²) in [5.74, 6) is 0.553. The predicted octanol–water partition coefficient (Wildman–Crippen LogP) is 4.49. The van der Waals surface area contributed by atoms with Crippen molar-refractivity contribution in [3.8, 4) is 10.7 Å². The smallest absolute Gasteiger partial charge is 0.247 e. The number of nitrogens with zero attached hydrogens (tertiary/aromatic N) is 2. The maximum Gasteiger partial charge on any atom is 0.247 e. The molecule has 0 bridgehead atoms. The first-order valence-corrected chi connectivity index (χ1v) is 8.85. The second-order valence-electron chi connectivity index (χ2n) is 5.61. The number of thiophene rings is 1. The van der Waals surface area contributed by atoms with Crippen molar-refractivity contribution in [1.29, 1.82) is 0 Å². The van der Waals surface area contributed by atoms with Crippen LogP contribution in [0.25, 0.3) is 10.7 Å². The molecule has 24 heavy (non-hydrogen) atoms. The van der Waals surface area contributed by atoms with Crippen LogP contribution < -0.4 is 5.32 Å². The molecule has 1 aromatic carbocycles. The van der Waals surface area contributed by atoms with Crippen molar-refractivity contribution in [3.63, 3.8) is 0 Å². The molecule has 0 saturated heterocycles. The number of H-pyrrole nitrogens is 1. The molecule has 3 aromatic rings. The minimum Gasteiger partial charge on any atom is -0.324 e. The highest BCUT2D eigenvalue weighted by Gasteiger charge is 2.21. The number of carbonyl (C=O) groups excluding carboxylic acids is 1. The largest absolute Gasteiger partial charge is 0.324 e. The number of nitrogens with one attached hydrogen (secondary N) is 2. The van der Waals surface area contributed by atoms with Crippen LogP contribution in [0.3, 0.4) is 0 Å². The number of carbonyl (C=O) groups is 1. The van der Waals surface area contributed by atoms with Gasteiger partial charge in [-0.3, -0.25) is 14.5 Å². The number of benzene rings is 1. The van der Waals surface area contributed by atoms with E-state index in [1.54, 1.807) is 15.9 Å². The van der Waals surface area contributed by atoms with E-state index in [1.165, 1.54) is 0 Å². The Morgan fingerprint density at radius 1 is 1.33 bits per heavy atom. The zero-order valence-corrected chi connectivity index (χ0v) is 15.3. The fourth-order valence-corrected chi connectivity index (χ4v) is 3.49. The summed E-state index contributed by atoms with van der Waals surface area (Å²) in [5, 5.41) is 12.0. The Labute approximate surface area is 149 Å². The fraction of sp³-hybridized carbons (Fsp3) is 0.235. The van der Waals surface area contributed by atoms with E-state index < -0.39 is 6.04 Å². The van der Waals surface area contributed by atoms with E-state index in [0.29, 0.717) is 10.6 Å². The lowest BCUT2D eigenvalue weighted by atomic mass is 10.1. The topological polar surface area (TPSA) is 62.7 Å². The number of aromatic amines is 1. The number of hydrogen-bond donors (Lipinski definition) is 2. The molecule has 0 aliphatic rings.